The van der Waals surface area contributed by atoms with Gasteiger partial charge in [-0.2, -0.15) is 4.31 Å². The highest BCUT2D eigenvalue weighted by Crippen LogP contribution is 2.30. The van der Waals surface area contributed by atoms with Crippen LogP contribution in [0.3, 0.4) is 0 Å². The molecule has 1 aliphatic carbocycles. The zero-order valence-corrected chi connectivity index (χ0v) is 17.9. The number of carbonyl (C=O) groups is 1. The second-order valence-electron chi connectivity index (χ2n) is 7.64. The summed E-state index contributed by atoms with van der Waals surface area (Å²) < 4.78 is 27.2. The summed E-state index contributed by atoms with van der Waals surface area (Å²) in [5, 5.41) is 5.33. The van der Waals surface area contributed by atoms with Gasteiger partial charge in [0.05, 0.1) is 0 Å². The van der Waals surface area contributed by atoms with Crippen LogP contribution < -0.4 is 5.32 Å². The molecule has 3 heterocycles. The van der Waals surface area contributed by atoms with E-state index in [-0.39, 0.29) is 23.2 Å². The lowest BCUT2D eigenvalue weighted by atomic mass is 10.0. The van der Waals surface area contributed by atoms with E-state index in [2.05, 4.69) is 5.32 Å². The summed E-state index contributed by atoms with van der Waals surface area (Å²) in [6, 6.07) is 2.07. The van der Waals surface area contributed by atoms with Crippen LogP contribution in [0.1, 0.15) is 48.2 Å². The highest BCUT2D eigenvalue weighted by atomic mass is 35.5. The number of carbonyl (C=O) groups excluding carboxylic acids is 1. The molecule has 0 radical (unpaired) electrons. The zero-order valence-electron chi connectivity index (χ0n) is 15.4. The molecule has 2 saturated heterocycles. The van der Waals surface area contributed by atoms with Gasteiger partial charge in [0.1, 0.15) is 9.77 Å². The molecule has 6 nitrogen and oxygen atoms in total. The first kappa shape index (κ1) is 21.0. The molecule has 1 saturated carbocycles. The van der Waals surface area contributed by atoms with Gasteiger partial charge in [-0.25, -0.2) is 8.42 Å². The number of halogens is 1. The zero-order chi connectivity index (χ0) is 18.1. The van der Waals surface area contributed by atoms with Gasteiger partial charge < -0.3 is 10.2 Å². The average Bonchev–Trinajstić information content (AvgIpc) is 3.13. The Morgan fingerprint density at radius 3 is 2.41 bits per heavy atom. The second-order valence-corrected chi connectivity index (χ2v) is 10.5. The summed E-state index contributed by atoms with van der Waals surface area (Å²) in [6.45, 7) is 3.61. The molecule has 1 N–H and O–H groups in total. The van der Waals surface area contributed by atoms with Gasteiger partial charge >= 0.3 is 0 Å². The quantitative estimate of drug-likeness (QED) is 0.748. The minimum Gasteiger partial charge on any atom is -0.338 e. The summed E-state index contributed by atoms with van der Waals surface area (Å²) in [5.74, 6) is 0.734. The third-order valence-electron chi connectivity index (χ3n) is 5.68. The van der Waals surface area contributed by atoms with Crippen molar-refractivity contribution in [2.45, 2.75) is 49.5 Å². The predicted octanol–water partition coefficient (Wildman–Crippen LogP) is 2.56. The molecule has 1 aromatic rings. The van der Waals surface area contributed by atoms with E-state index in [4.69, 9.17) is 0 Å². The molecule has 152 valence electrons. The van der Waals surface area contributed by atoms with Crippen LogP contribution >= 0.6 is 23.7 Å². The van der Waals surface area contributed by atoms with Crippen LogP contribution in [0.25, 0.3) is 0 Å². The highest BCUT2D eigenvalue weighted by molar-refractivity contribution is 7.89. The van der Waals surface area contributed by atoms with E-state index in [0.29, 0.717) is 37.1 Å². The van der Waals surface area contributed by atoms with Crippen molar-refractivity contribution in [1.29, 1.82) is 0 Å². The number of thiophene rings is 1. The number of likely N-dealkylation sites (tertiary alicyclic amines) is 1. The van der Waals surface area contributed by atoms with E-state index in [1.54, 1.807) is 11.4 Å². The number of hydrogen-bond acceptors (Lipinski definition) is 5. The number of nitrogens with one attached hydrogen (secondary N) is 1. The van der Waals surface area contributed by atoms with Crippen molar-refractivity contribution in [2.75, 3.05) is 32.7 Å². The van der Waals surface area contributed by atoms with Crippen molar-refractivity contribution in [3.05, 3.63) is 16.3 Å². The van der Waals surface area contributed by atoms with Crippen LogP contribution in [0.15, 0.2) is 16.3 Å². The Morgan fingerprint density at radius 1 is 1.11 bits per heavy atom. The molecule has 4 rings (SSSR count). The van der Waals surface area contributed by atoms with Crippen LogP contribution in [0.5, 0.6) is 0 Å². The lowest BCUT2D eigenvalue weighted by Gasteiger charge is -2.32. The lowest BCUT2D eigenvalue weighted by molar-refractivity contribution is 0.0706. The summed E-state index contributed by atoms with van der Waals surface area (Å²) in [4.78, 5) is 15.4. The first-order chi connectivity index (χ1) is 12.6. The number of hydrogen-bond donors (Lipinski definition) is 1. The van der Waals surface area contributed by atoms with E-state index >= 15 is 0 Å². The summed E-state index contributed by atoms with van der Waals surface area (Å²) >= 11 is 1.25. The standard InChI is InChI=1S/C18H27N3O3S2.ClH/c22-18(20-10-5-15(6-11-20)19-13-14-3-4-14)17-16(7-12-25-17)26(23,24)21-8-1-2-9-21;/h7,12,14-15,19H,1-6,8-11,13H2;1H. The fraction of sp³-hybridized carbons (Fsp3) is 0.722. The number of sulfonamides is 1. The Kier molecular flexibility index (Phi) is 6.84. The van der Waals surface area contributed by atoms with E-state index in [1.165, 1.54) is 28.5 Å². The maximum atomic E-state index is 13.0. The molecule has 0 bridgehead atoms. The van der Waals surface area contributed by atoms with Crippen molar-refractivity contribution in [1.82, 2.24) is 14.5 Å². The van der Waals surface area contributed by atoms with Crippen LogP contribution in [0.2, 0.25) is 0 Å². The molecule has 3 fully saturated rings. The van der Waals surface area contributed by atoms with Crippen LogP contribution in [0, 0.1) is 5.92 Å². The largest absolute Gasteiger partial charge is 0.338 e. The molecule has 0 unspecified atom stereocenters. The predicted molar refractivity (Wildman–Crippen MR) is 109 cm³/mol. The Morgan fingerprint density at radius 2 is 1.78 bits per heavy atom. The van der Waals surface area contributed by atoms with Gasteiger partial charge in [0.2, 0.25) is 10.0 Å². The van der Waals surface area contributed by atoms with Crippen LogP contribution in [0.4, 0.5) is 0 Å². The lowest BCUT2D eigenvalue weighted by Crippen LogP contribution is -2.45. The average molecular weight is 434 g/mol. The second kappa shape index (κ2) is 8.78. The normalized spacial score (nSPS) is 22.0. The van der Waals surface area contributed by atoms with Gasteiger partial charge in [-0.05, 0) is 62.4 Å². The van der Waals surface area contributed by atoms with Crippen molar-refractivity contribution >= 4 is 39.7 Å². The third-order valence-corrected chi connectivity index (χ3v) is 8.65. The number of amides is 1. The molecule has 1 aromatic heterocycles. The summed E-state index contributed by atoms with van der Waals surface area (Å²) in [5.41, 5.74) is 0. The van der Waals surface area contributed by atoms with E-state index < -0.39 is 10.0 Å². The molecule has 0 spiro atoms. The Hall–Kier alpha value is -0.670. The highest BCUT2D eigenvalue weighted by Gasteiger charge is 2.34. The fourth-order valence-electron chi connectivity index (χ4n) is 3.81. The Labute approximate surface area is 171 Å². The van der Waals surface area contributed by atoms with Gasteiger partial charge in [0.15, 0.2) is 0 Å². The van der Waals surface area contributed by atoms with E-state index in [9.17, 15) is 13.2 Å². The van der Waals surface area contributed by atoms with Gasteiger partial charge in [-0.1, -0.05) is 0 Å². The first-order valence-electron chi connectivity index (χ1n) is 9.66. The first-order valence-corrected chi connectivity index (χ1v) is 12.0. The number of rotatable bonds is 6. The molecular weight excluding hydrogens is 406 g/mol. The van der Waals surface area contributed by atoms with Crippen molar-refractivity contribution in [3.8, 4) is 0 Å². The third kappa shape index (κ3) is 4.67. The minimum absolute atomic E-state index is 0. The van der Waals surface area contributed by atoms with Gasteiger partial charge in [0.25, 0.3) is 5.91 Å². The molecule has 2 aliphatic heterocycles. The van der Waals surface area contributed by atoms with Crippen molar-refractivity contribution in [2.24, 2.45) is 5.92 Å². The van der Waals surface area contributed by atoms with Gasteiger partial charge in [0, 0.05) is 32.2 Å². The Bertz CT molecular complexity index is 750. The molecular formula is C18H28ClN3O3S2. The Balaban J connectivity index is 0.00000210. The number of piperidine rings is 1. The molecule has 9 heteroatoms. The number of nitrogens with zero attached hydrogens (tertiary/aromatic N) is 2. The topological polar surface area (TPSA) is 69.7 Å². The molecule has 1 amide bonds. The molecule has 0 atom stereocenters. The van der Waals surface area contributed by atoms with Gasteiger partial charge in [-0.3, -0.25) is 4.79 Å². The van der Waals surface area contributed by atoms with Gasteiger partial charge in [-0.15, -0.1) is 23.7 Å². The van der Waals surface area contributed by atoms with E-state index in [0.717, 1.165) is 38.1 Å². The smallest absolute Gasteiger partial charge is 0.265 e. The summed E-state index contributed by atoms with van der Waals surface area (Å²) in [6.07, 6.45) is 6.37. The molecule has 0 aromatic carbocycles. The SMILES string of the molecule is Cl.O=C(c1sccc1S(=O)(=O)N1CCCC1)N1CCC(NCC2CC2)CC1. The molecule has 3 aliphatic rings. The van der Waals surface area contributed by atoms with Crippen molar-refractivity contribution < 1.29 is 13.2 Å². The van der Waals surface area contributed by atoms with Crippen LogP contribution in [-0.2, 0) is 10.0 Å². The fourth-order valence-corrected chi connectivity index (χ4v) is 6.69. The summed E-state index contributed by atoms with van der Waals surface area (Å²) in [7, 11) is -3.55. The maximum Gasteiger partial charge on any atom is 0.265 e. The monoisotopic (exact) mass is 433 g/mol. The minimum atomic E-state index is -3.55. The van der Waals surface area contributed by atoms with E-state index in [1.807, 2.05) is 4.90 Å². The maximum absolute atomic E-state index is 13.0. The van der Waals surface area contributed by atoms with Crippen molar-refractivity contribution in [3.63, 3.8) is 0 Å². The molecule has 27 heavy (non-hydrogen) atoms. The van der Waals surface area contributed by atoms with Crippen LogP contribution in [-0.4, -0.2) is 62.3 Å².